The average Bonchev–Trinajstić information content (AvgIpc) is 2.23. The molecule has 0 aliphatic rings. The molecule has 4 heteroatoms. The minimum absolute atomic E-state index is 0.124. The van der Waals surface area contributed by atoms with Crippen LogP contribution < -0.4 is 4.74 Å². The van der Waals surface area contributed by atoms with E-state index in [0.717, 1.165) is 16.7 Å². The maximum Gasteiger partial charge on any atom is 0.346 e. The Morgan fingerprint density at radius 3 is 2.47 bits per heavy atom. The maximum absolute atomic E-state index is 11.6. The first-order valence-electron chi connectivity index (χ1n) is 4.37. The Hall–Kier alpha value is -1.68. The van der Waals surface area contributed by atoms with E-state index in [1.54, 1.807) is 31.2 Å². The summed E-state index contributed by atoms with van der Waals surface area (Å²) < 4.78 is -0.200. The van der Waals surface area contributed by atoms with Gasteiger partial charge in [0.25, 0.3) is 0 Å². The SMILES string of the molecule is Cc1c(C(=O)O)sc(=O)c2ccccc12. The van der Waals surface area contributed by atoms with Crippen LogP contribution in [0.3, 0.4) is 0 Å². The second kappa shape index (κ2) is 3.47. The third-order valence-electron chi connectivity index (χ3n) is 2.28. The van der Waals surface area contributed by atoms with E-state index in [-0.39, 0.29) is 9.62 Å². The minimum atomic E-state index is -1.04. The third kappa shape index (κ3) is 1.53. The van der Waals surface area contributed by atoms with E-state index in [2.05, 4.69) is 0 Å². The van der Waals surface area contributed by atoms with Crippen molar-refractivity contribution in [2.24, 2.45) is 0 Å². The Bertz CT molecular complexity index is 598. The van der Waals surface area contributed by atoms with Crippen molar-refractivity contribution in [3.63, 3.8) is 0 Å². The summed E-state index contributed by atoms with van der Waals surface area (Å²) in [4.78, 5) is 22.6. The summed E-state index contributed by atoms with van der Waals surface area (Å²) in [7, 11) is 0. The van der Waals surface area contributed by atoms with Gasteiger partial charge in [0.2, 0.25) is 4.74 Å². The molecule has 0 saturated heterocycles. The molecular formula is C11H8O3S. The van der Waals surface area contributed by atoms with Crippen molar-refractivity contribution in [2.75, 3.05) is 0 Å². The van der Waals surface area contributed by atoms with Crippen LogP contribution in [0.25, 0.3) is 10.8 Å². The summed E-state index contributed by atoms with van der Waals surface area (Å²) in [6.07, 6.45) is 0. The molecule has 0 fully saturated rings. The number of aromatic carboxylic acids is 1. The van der Waals surface area contributed by atoms with Crippen molar-refractivity contribution in [1.82, 2.24) is 0 Å². The highest BCUT2D eigenvalue weighted by atomic mass is 32.1. The average molecular weight is 220 g/mol. The van der Waals surface area contributed by atoms with E-state index >= 15 is 0 Å². The summed E-state index contributed by atoms with van der Waals surface area (Å²) in [5.74, 6) is -1.04. The Labute approximate surface area is 89.6 Å². The van der Waals surface area contributed by atoms with Gasteiger partial charge in [0.15, 0.2) is 0 Å². The van der Waals surface area contributed by atoms with Gasteiger partial charge in [0, 0.05) is 5.39 Å². The quantitative estimate of drug-likeness (QED) is 0.802. The van der Waals surface area contributed by atoms with Gasteiger partial charge in [-0.15, -0.1) is 0 Å². The molecule has 0 amide bonds. The van der Waals surface area contributed by atoms with Gasteiger partial charge in [-0.05, 0) is 23.9 Å². The molecule has 0 saturated carbocycles. The predicted octanol–water partition coefficient (Wildman–Crippen LogP) is 2.27. The highest BCUT2D eigenvalue weighted by molar-refractivity contribution is 7.12. The van der Waals surface area contributed by atoms with Crippen LogP contribution in [0.1, 0.15) is 15.2 Å². The summed E-state index contributed by atoms with van der Waals surface area (Å²) in [5, 5.41) is 10.2. The fourth-order valence-electron chi connectivity index (χ4n) is 1.54. The number of carbonyl (C=O) groups is 1. The van der Waals surface area contributed by atoms with Crippen LogP contribution in [-0.2, 0) is 0 Å². The zero-order valence-corrected chi connectivity index (χ0v) is 8.80. The van der Waals surface area contributed by atoms with Gasteiger partial charge in [0.05, 0.1) is 0 Å². The van der Waals surface area contributed by atoms with Crippen LogP contribution in [0.5, 0.6) is 0 Å². The number of carboxylic acid groups (broad SMARTS) is 1. The topological polar surface area (TPSA) is 54.4 Å². The second-order valence-electron chi connectivity index (χ2n) is 3.19. The number of aryl methyl sites for hydroxylation is 1. The largest absolute Gasteiger partial charge is 0.477 e. The molecule has 0 unspecified atom stereocenters. The van der Waals surface area contributed by atoms with E-state index in [4.69, 9.17) is 5.11 Å². The number of carboxylic acids is 1. The Morgan fingerprint density at radius 1 is 1.27 bits per heavy atom. The molecule has 2 aromatic rings. The normalized spacial score (nSPS) is 10.5. The van der Waals surface area contributed by atoms with E-state index in [1.807, 2.05) is 0 Å². The van der Waals surface area contributed by atoms with E-state index in [0.29, 0.717) is 10.9 Å². The molecule has 76 valence electrons. The molecule has 0 aliphatic heterocycles. The summed E-state index contributed by atoms with van der Waals surface area (Å²) in [6, 6.07) is 7.05. The molecule has 1 N–H and O–H groups in total. The zero-order valence-electron chi connectivity index (χ0n) is 7.98. The standard InChI is InChI=1S/C11H8O3S/c1-6-7-4-2-3-5-8(7)11(14)15-9(6)10(12)13/h2-5H,1H3,(H,12,13). The van der Waals surface area contributed by atoms with Crippen molar-refractivity contribution in [1.29, 1.82) is 0 Å². The van der Waals surface area contributed by atoms with Crippen LogP contribution >= 0.6 is 11.3 Å². The van der Waals surface area contributed by atoms with Crippen molar-refractivity contribution < 1.29 is 9.90 Å². The number of hydrogen-bond donors (Lipinski definition) is 1. The first-order valence-corrected chi connectivity index (χ1v) is 5.18. The molecular weight excluding hydrogens is 212 g/mol. The van der Waals surface area contributed by atoms with Crippen molar-refractivity contribution in [3.8, 4) is 0 Å². The molecule has 2 rings (SSSR count). The lowest BCUT2D eigenvalue weighted by Crippen LogP contribution is -2.05. The lowest BCUT2D eigenvalue weighted by molar-refractivity contribution is 0.0701. The van der Waals surface area contributed by atoms with Gasteiger partial charge in [0.1, 0.15) is 4.88 Å². The van der Waals surface area contributed by atoms with Crippen LogP contribution in [0, 0.1) is 6.92 Å². The van der Waals surface area contributed by atoms with Crippen molar-refractivity contribution in [3.05, 3.63) is 44.2 Å². The molecule has 15 heavy (non-hydrogen) atoms. The zero-order chi connectivity index (χ0) is 11.0. The molecule has 1 aromatic carbocycles. The molecule has 0 radical (unpaired) electrons. The number of benzene rings is 1. The summed E-state index contributed by atoms with van der Waals surface area (Å²) in [5.41, 5.74) is 0.655. The van der Waals surface area contributed by atoms with Crippen LogP contribution in [0.4, 0.5) is 0 Å². The predicted molar refractivity (Wildman–Crippen MR) is 59.8 cm³/mol. The van der Waals surface area contributed by atoms with Crippen molar-refractivity contribution in [2.45, 2.75) is 6.92 Å². The summed E-state index contributed by atoms with van der Waals surface area (Å²) >= 11 is 0.786. The van der Waals surface area contributed by atoms with Gasteiger partial charge in [-0.25, -0.2) is 4.79 Å². The lowest BCUT2D eigenvalue weighted by atomic mass is 10.1. The van der Waals surface area contributed by atoms with Gasteiger partial charge < -0.3 is 5.11 Å². The molecule has 0 aliphatic carbocycles. The number of rotatable bonds is 1. The fourth-order valence-corrected chi connectivity index (χ4v) is 2.36. The van der Waals surface area contributed by atoms with Crippen LogP contribution in [0.2, 0.25) is 0 Å². The van der Waals surface area contributed by atoms with E-state index in [9.17, 15) is 9.59 Å². The van der Waals surface area contributed by atoms with Gasteiger partial charge in [-0.1, -0.05) is 29.5 Å². The Morgan fingerprint density at radius 2 is 1.87 bits per heavy atom. The second-order valence-corrected chi connectivity index (χ2v) is 4.18. The highest BCUT2D eigenvalue weighted by Gasteiger charge is 2.13. The number of hydrogen-bond acceptors (Lipinski definition) is 3. The van der Waals surface area contributed by atoms with Gasteiger partial charge >= 0.3 is 5.97 Å². The van der Waals surface area contributed by atoms with Gasteiger partial charge in [-0.3, -0.25) is 4.79 Å². The molecule has 3 nitrogen and oxygen atoms in total. The molecule has 1 aromatic heterocycles. The highest BCUT2D eigenvalue weighted by Crippen LogP contribution is 2.21. The molecule has 0 atom stereocenters. The number of fused-ring (bicyclic) bond motifs is 1. The monoisotopic (exact) mass is 220 g/mol. The van der Waals surface area contributed by atoms with E-state index < -0.39 is 5.97 Å². The lowest BCUT2D eigenvalue weighted by Gasteiger charge is -2.03. The van der Waals surface area contributed by atoms with Crippen LogP contribution in [0.15, 0.2) is 29.1 Å². The first-order chi connectivity index (χ1) is 7.11. The van der Waals surface area contributed by atoms with Crippen molar-refractivity contribution >= 4 is 28.1 Å². The van der Waals surface area contributed by atoms with Crippen LogP contribution in [-0.4, -0.2) is 11.1 Å². The third-order valence-corrected chi connectivity index (χ3v) is 3.37. The van der Waals surface area contributed by atoms with E-state index in [1.165, 1.54) is 0 Å². The molecule has 0 spiro atoms. The summed E-state index contributed by atoms with van der Waals surface area (Å²) in [6.45, 7) is 1.72. The van der Waals surface area contributed by atoms with Gasteiger partial charge in [-0.2, -0.15) is 0 Å². The minimum Gasteiger partial charge on any atom is -0.477 e. The molecule has 1 heterocycles. The smallest absolute Gasteiger partial charge is 0.346 e. The first kappa shape index (κ1) is 9.86. The Balaban J connectivity index is 2.97. The fraction of sp³-hybridized carbons (Fsp3) is 0.0909. The maximum atomic E-state index is 11.6. The molecule has 0 bridgehead atoms. The Kier molecular flexibility index (Phi) is 2.28.